The van der Waals surface area contributed by atoms with Crippen molar-refractivity contribution in [2.24, 2.45) is 11.3 Å². The van der Waals surface area contributed by atoms with Crippen molar-refractivity contribution in [1.82, 2.24) is 5.32 Å². The van der Waals surface area contributed by atoms with Crippen molar-refractivity contribution in [2.45, 2.75) is 52.0 Å². The largest absolute Gasteiger partial charge is 0.453 e. The highest BCUT2D eigenvalue weighted by Gasteiger charge is 2.45. The lowest BCUT2D eigenvalue weighted by Crippen LogP contribution is -2.58. The van der Waals surface area contributed by atoms with E-state index in [0.717, 1.165) is 25.7 Å². The smallest absolute Gasteiger partial charge is 0.407 e. The summed E-state index contributed by atoms with van der Waals surface area (Å²) in [5.41, 5.74) is -0.200. The normalized spacial score (nSPS) is 29.2. The zero-order valence-electron chi connectivity index (χ0n) is 11.3. The van der Waals surface area contributed by atoms with Crippen LogP contribution in [-0.4, -0.2) is 18.7 Å². The maximum Gasteiger partial charge on any atom is 0.407 e. The molecule has 0 saturated heterocycles. The molecule has 0 aromatic heterocycles. The average molecular weight is 237 g/mol. The van der Waals surface area contributed by atoms with E-state index in [0.29, 0.717) is 5.92 Å². The Kier molecular flexibility index (Phi) is 4.08. The van der Waals surface area contributed by atoms with Gasteiger partial charge in [0.15, 0.2) is 0 Å². The standard InChI is InChI=1S/C14H23NO2/c1-6-11-7-9-14(10-8-11,13(2,3)4)15-12(16)17-5/h1,11H,7-10H2,2-5H3,(H,15,16). The summed E-state index contributed by atoms with van der Waals surface area (Å²) >= 11 is 0. The first-order chi connectivity index (χ1) is 7.84. The van der Waals surface area contributed by atoms with Crippen LogP contribution in [0.5, 0.6) is 0 Å². The Morgan fingerprint density at radius 2 is 1.94 bits per heavy atom. The fraction of sp³-hybridized carbons (Fsp3) is 0.786. The number of rotatable bonds is 1. The molecule has 1 aliphatic carbocycles. The molecule has 17 heavy (non-hydrogen) atoms. The summed E-state index contributed by atoms with van der Waals surface area (Å²) in [5.74, 6) is 3.17. The van der Waals surface area contributed by atoms with Crippen LogP contribution in [0.3, 0.4) is 0 Å². The second-order valence-electron chi connectivity index (χ2n) is 5.89. The molecule has 0 radical (unpaired) electrons. The van der Waals surface area contributed by atoms with Crippen LogP contribution in [-0.2, 0) is 4.74 Å². The van der Waals surface area contributed by atoms with Crippen LogP contribution >= 0.6 is 0 Å². The molecule has 1 rings (SSSR count). The Bertz CT molecular complexity index is 314. The quantitative estimate of drug-likeness (QED) is 0.712. The number of amides is 1. The third-order valence-corrected chi connectivity index (χ3v) is 4.04. The summed E-state index contributed by atoms with van der Waals surface area (Å²) in [5, 5.41) is 3.04. The summed E-state index contributed by atoms with van der Waals surface area (Å²) in [4.78, 5) is 11.5. The van der Waals surface area contributed by atoms with Gasteiger partial charge in [0, 0.05) is 11.5 Å². The van der Waals surface area contributed by atoms with Crippen molar-refractivity contribution in [3.8, 4) is 12.3 Å². The molecule has 1 saturated carbocycles. The third kappa shape index (κ3) is 2.94. The number of terminal acetylenes is 1. The molecule has 1 fully saturated rings. The molecule has 0 aromatic carbocycles. The fourth-order valence-electron chi connectivity index (χ4n) is 2.59. The minimum absolute atomic E-state index is 0.000753. The number of nitrogens with one attached hydrogen (secondary N) is 1. The van der Waals surface area contributed by atoms with E-state index >= 15 is 0 Å². The molecule has 0 bridgehead atoms. The van der Waals surface area contributed by atoms with Crippen LogP contribution in [0, 0.1) is 23.7 Å². The maximum absolute atomic E-state index is 11.5. The summed E-state index contributed by atoms with van der Waals surface area (Å²) in [6.45, 7) is 6.46. The van der Waals surface area contributed by atoms with E-state index in [9.17, 15) is 4.79 Å². The summed E-state index contributed by atoms with van der Waals surface area (Å²) in [6, 6.07) is 0. The van der Waals surface area contributed by atoms with Gasteiger partial charge < -0.3 is 10.1 Å². The highest BCUT2D eigenvalue weighted by atomic mass is 16.5. The zero-order valence-corrected chi connectivity index (χ0v) is 11.3. The lowest BCUT2D eigenvalue weighted by molar-refractivity contribution is 0.0698. The van der Waals surface area contributed by atoms with E-state index in [1.165, 1.54) is 7.11 Å². The number of ether oxygens (including phenoxy) is 1. The minimum atomic E-state index is -0.348. The van der Waals surface area contributed by atoms with Gasteiger partial charge in [0.2, 0.25) is 0 Å². The van der Waals surface area contributed by atoms with Gasteiger partial charge in [-0.2, -0.15) is 0 Å². The van der Waals surface area contributed by atoms with Crippen molar-refractivity contribution >= 4 is 6.09 Å². The predicted octanol–water partition coefficient (Wildman–Crippen LogP) is 2.95. The summed E-state index contributed by atoms with van der Waals surface area (Å²) in [6.07, 6.45) is 8.89. The molecule has 3 nitrogen and oxygen atoms in total. The Balaban J connectivity index is 2.83. The molecule has 0 aliphatic heterocycles. The molecule has 0 heterocycles. The molecule has 1 N–H and O–H groups in total. The molecule has 3 heteroatoms. The average Bonchev–Trinajstić information content (AvgIpc) is 2.28. The van der Waals surface area contributed by atoms with Crippen molar-refractivity contribution < 1.29 is 9.53 Å². The van der Waals surface area contributed by atoms with Crippen molar-refractivity contribution in [3.05, 3.63) is 0 Å². The van der Waals surface area contributed by atoms with Crippen LogP contribution in [0.2, 0.25) is 0 Å². The Hall–Kier alpha value is -1.17. The Morgan fingerprint density at radius 1 is 1.41 bits per heavy atom. The van der Waals surface area contributed by atoms with Gasteiger partial charge in [-0.05, 0) is 31.1 Å². The van der Waals surface area contributed by atoms with Crippen LogP contribution < -0.4 is 5.32 Å². The summed E-state index contributed by atoms with van der Waals surface area (Å²) in [7, 11) is 1.40. The fourth-order valence-corrected chi connectivity index (χ4v) is 2.59. The van der Waals surface area contributed by atoms with Gasteiger partial charge >= 0.3 is 6.09 Å². The van der Waals surface area contributed by atoms with Gasteiger partial charge in [0.25, 0.3) is 0 Å². The van der Waals surface area contributed by atoms with Crippen LogP contribution in [0.25, 0.3) is 0 Å². The molecule has 1 aliphatic rings. The third-order valence-electron chi connectivity index (χ3n) is 4.04. The second-order valence-corrected chi connectivity index (χ2v) is 5.89. The Morgan fingerprint density at radius 3 is 2.29 bits per heavy atom. The number of carbonyl (C=O) groups excluding carboxylic acids is 1. The SMILES string of the molecule is C#CC1CCC(NC(=O)OC)(C(C)(C)C)CC1. The number of methoxy groups -OCH3 is 1. The van der Waals surface area contributed by atoms with E-state index < -0.39 is 0 Å². The zero-order chi connectivity index (χ0) is 13.1. The topological polar surface area (TPSA) is 38.3 Å². The van der Waals surface area contributed by atoms with Crippen LogP contribution in [0.1, 0.15) is 46.5 Å². The predicted molar refractivity (Wildman–Crippen MR) is 68.5 cm³/mol. The van der Waals surface area contributed by atoms with Gasteiger partial charge in [-0.15, -0.1) is 12.3 Å². The molecule has 0 spiro atoms. The van der Waals surface area contributed by atoms with E-state index in [4.69, 9.17) is 11.2 Å². The van der Waals surface area contributed by atoms with Gasteiger partial charge in [-0.25, -0.2) is 4.79 Å². The van der Waals surface area contributed by atoms with Crippen LogP contribution in [0.15, 0.2) is 0 Å². The van der Waals surface area contributed by atoms with Crippen molar-refractivity contribution in [2.75, 3.05) is 7.11 Å². The van der Waals surface area contributed by atoms with Crippen LogP contribution in [0.4, 0.5) is 4.79 Å². The first-order valence-corrected chi connectivity index (χ1v) is 6.17. The molecule has 0 aromatic rings. The highest BCUT2D eigenvalue weighted by Crippen LogP contribution is 2.43. The van der Waals surface area contributed by atoms with Crippen molar-refractivity contribution in [1.29, 1.82) is 0 Å². The van der Waals surface area contributed by atoms with E-state index in [1.54, 1.807) is 0 Å². The molecule has 0 unspecified atom stereocenters. The summed E-state index contributed by atoms with van der Waals surface area (Å²) < 4.78 is 4.74. The van der Waals surface area contributed by atoms with Crippen molar-refractivity contribution in [3.63, 3.8) is 0 Å². The minimum Gasteiger partial charge on any atom is -0.453 e. The second kappa shape index (κ2) is 5.00. The van der Waals surface area contributed by atoms with Gasteiger partial charge in [-0.1, -0.05) is 20.8 Å². The number of carbonyl (C=O) groups is 1. The van der Waals surface area contributed by atoms with E-state index in [1.807, 2.05) is 0 Å². The lowest BCUT2D eigenvalue weighted by Gasteiger charge is -2.48. The van der Waals surface area contributed by atoms with Gasteiger partial charge in [0.1, 0.15) is 0 Å². The first-order valence-electron chi connectivity index (χ1n) is 6.17. The molecule has 1 amide bonds. The maximum atomic E-state index is 11.5. The lowest BCUT2D eigenvalue weighted by atomic mass is 9.63. The molecular formula is C14H23NO2. The molecule has 0 atom stereocenters. The van der Waals surface area contributed by atoms with Gasteiger partial charge in [0.05, 0.1) is 7.11 Å². The number of hydrogen-bond acceptors (Lipinski definition) is 2. The number of alkyl carbamates (subject to hydrolysis) is 1. The van der Waals surface area contributed by atoms with E-state index in [-0.39, 0.29) is 17.0 Å². The Labute approximate surface area is 104 Å². The molecular weight excluding hydrogens is 214 g/mol. The van der Waals surface area contributed by atoms with E-state index in [2.05, 4.69) is 32.0 Å². The molecule has 96 valence electrons. The van der Waals surface area contributed by atoms with Gasteiger partial charge in [-0.3, -0.25) is 0 Å². The highest BCUT2D eigenvalue weighted by molar-refractivity contribution is 5.68. The first kappa shape index (κ1) is 13.9. The monoisotopic (exact) mass is 237 g/mol. The number of hydrogen-bond donors (Lipinski definition) is 1.